The molecule has 0 aliphatic carbocycles. The van der Waals surface area contributed by atoms with Gasteiger partial charge in [0.15, 0.2) is 0 Å². The van der Waals surface area contributed by atoms with Crippen LogP contribution in [0.3, 0.4) is 0 Å². The van der Waals surface area contributed by atoms with Crippen LogP contribution in [-0.2, 0) is 0 Å². The average Bonchev–Trinajstić information content (AvgIpc) is 2.40. The Morgan fingerprint density at radius 3 is 1.80 bits per heavy atom. The van der Waals surface area contributed by atoms with Gasteiger partial charge in [-0.15, -0.1) is 0 Å². The van der Waals surface area contributed by atoms with Crippen molar-refractivity contribution in [2.24, 2.45) is 11.8 Å². The zero-order chi connectivity index (χ0) is 16.0. The van der Waals surface area contributed by atoms with Gasteiger partial charge in [-0.25, -0.2) is 0 Å². The molecular formula is C16H36O4. The molecule has 0 aliphatic rings. The molecule has 0 aromatic carbocycles. The molecule has 0 aromatic rings. The summed E-state index contributed by atoms with van der Waals surface area (Å²) >= 11 is 0. The second-order valence-electron chi connectivity index (χ2n) is 5.81. The molecule has 0 bridgehead atoms. The fourth-order valence-corrected chi connectivity index (χ4v) is 1.97. The van der Waals surface area contributed by atoms with Crippen LogP contribution in [0.15, 0.2) is 0 Å². The minimum absolute atomic E-state index is 0.181. The monoisotopic (exact) mass is 292 g/mol. The predicted octanol–water partition coefficient (Wildman–Crippen LogP) is 2.33. The Morgan fingerprint density at radius 2 is 1.40 bits per heavy atom. The number of hydrogen-bond donors (Lipinski definition) is 4. The Balaban J connectivity index is 0. The predicted molar refractivity (Wildman–Crippen MR) is 83.6 cm³/mol. The quantitative estimate of drug-likeness (QED) is 0.498. The zero-order valence-electron chi connectivity index (χ0n) is 13.8. The minimum Gasteiger partial charge on any atom is -0.396 e. The largest absolute Gasteiger partial charge is 0.396 e. The van der Waals surface area contributed by atoms with Gasteiger partial charge in [0, 0.05) is 13.2 Å². The summed E-state index contributed by atoms with van der Waals surface area (Å²) in [5.74, 6) is 0.478. The van der Waals surface area contributed by atoms with Crippen LogP contribution >= 0.6 is 0 Å². The molecule has 0 aliphatic heterocycles. The zero-order valence-corrected chi connectivity index (χ0v) is 13.8. The third-order valence-corrected chi connectivity index (χ3v) is 3.43. The Hall–Kier alpha value is -0.160. The Labute approximate surface area is 124 Å². The summed E-state index contributed by atoms with van der Waals surface area (Å²) in [5.41, 5.74) is 0. The van der Waals surface area contributed by atoms with Crippen LogP contribution < -0.4 is 0 Å². The van der Waals surface area contributed by atoms with Gasteiger partial charge in [0.25, 0.3) is 0 Å². The summed E-state index contributed by atoms with van der Waals surface area (Å²) in [6, 6.07) is 0. The summed E-state index contributed by atoms with van der Waals surface area (Å²) in [6.07, 6.45) is 4.72. The minimum atomic E-state index is -0.225. The van der Waals surface area contributed by atoms with E-state index in [0.717, 1.165) is 32.1 Å². The van der Waals surface area contributed by atoms with Crippen molar-refractivity contribution in [2.75, 3.05) is 13.2 Å². The molecule has 20 heavy (non-hydrogen) atoms. The highest BCUT2D eigenvalue weighted by atomic mass is 16.3. The molecule has 0 spiro atoms. The second kappa shape index (κ2) is 15.2. The lowest BCUT2D eigenvalue weighted by atomic mass is 9.98. The van der Waals surface area contributed by atoms with Gasteiger partial charge in [0.2, 0.25) is 0 Å². The topological polar surface area (TPSA) is 80.9 Å². The van der Waals surface area contributed by atoms with Crippen molar-refractivity contribution >= 4 is 0 Å². The van der Waals surface area contributed by atoms with E-state index < -0.39 is 0 Å². The molecule has 0 amide bonds. The Morgan fingerprint density at radius 1 is 0.850 bits per heavy atom. The summed E-state index contributed by atoms with van der Waals surface area (Å²) in [4.78, 5) is 0. The Kier molecular flexibility index (Phi) is 16.9. The summed E-state index contributed by atoms with van der Waals surface area (Å²) in [5, 5.41) is 35.8. The number of rotatable bonds is 10. The van der Waals surface area contributed by atoms with E-state index in [-0.39, 0.29) is 37.3 Å². The first-order valence-electron chi connectivity index (χ1n) is 8.00. The van der Waals surface area contributed by atoms with Gasteiger partial charge in [-0.05, 0) is 37.5 Å². The first kappa shape index (κ1) is 22.1. The molecule has 4 N–H and O–H groups in total. The maximum absolute atomic E-state index is 9.34. The lowest BCUT2D eigenvalue weighted by Gasteiger charge is -2.16. The van der Waals surface area contributed by atoms with E-state index in [0.29, 0.717) is 6.42 Å². The van der Waals surface area contributed by atoms with Gasteiger partial charge in [-0.3, -0.25) is 0 Å². The lowest BCUT2D eigenvalue weighted by Crippen LogP contribution is -2.18. The molecule has 124 valence electrons. The highest BCUT2D eigenvalue weighted by molar-refractivity contribution is 4.62. The van der Waals surface area contributed by atoms with Crippen molar-refractivity contribution in [2.45, 2.75) is 78.4 Å². The van der Waals surface area contributed by atoms with Crippen molar-refractivity contribution in [1.82, 2.24) is 0 Å². The van der Waals surface area contributed by atoms with Crippen molar-refractivity contribution in [1.29, 1.82) is 0 Å². The van der Waals surface area contributed by atoms with E-state index in [9.17, 15) is 10.2 Å². The van der Waals surface area contributed by atoms with Gasteiger partial charge in [0.05, 0.1) is 12.2 Å². The molecule has 0 heterocycles. The molecule has 0 saturated carbocycles. The third kappa shape index (κ3) is 14.3. The number of aliphatic hydroxyl groups is 4. The van der Waals surface area contributed by atoms with Gasteiger partial charge in [-0.1, -0.05) is 40.5 Å². The van der Waals surface area contributed by atoms with Crippen molar-refractivity contribution in [3.05, 3.63) is 0 Å². The van der Waals surface area contributed by atoms with E-state index in [1.54, 1.807) is 0 Å². The van der Waals surface area contributed by atoms with Crippen LogP contribution in [0, 0.1) is 11.8 Å². The summed E-state index contributed by atoms with van der Waals surface area (Å²) in [7, 11) is 0. The molecule has 4 nitrogen and oxygen atoms in total. The normalized spacial score (nSPS) is 16.8. The highest BCUT2D eigenvalue weighted by Gasteiger charge is 2.11. The maximum atomic E-state index is 9.34. The first-order chi connectivity index (χ1) is 9.42. The molecule has 4 unspecified atom stereocenters. The SMILES string of the molecule is CCCC(O)C(C)CCO.CCCC(O)CC(C)CO. The van der Waals surface area contributed by atoms with Crippen LogP contribution in [0.5, 0.6) is 0 Å². The lowest BCUT2D eigenvalue weighted by molar-refractivity contribution is 0.0903. The smallest absolute Gasteiger partial charge is 0.0566 e. The fourth-order valence-electron chi connectivity index (χ4n) is 1.97. The Bertz CT molecular complexity index is 177. The van der Waals surface area contributed by atoms with Crippen molar-refractivity contribution in [3.63, 3.8) is 0 Å². The maximum Gasteiger partial charge on any atom is 0.0566 e. The third-order valence-electron chi connectivity index (χ3n) is 3.43. The summed E-state index contributed by atoms with van der Waals surface area (Å²) < 4.78 is 0. The van der Waals surface area contributed by atoms with Crippen LogP contribution in [0.1, 0.15) is 66.2 Å². The molecule has 0 fully saturated rings. The van der Waals surface area contributed by atoms with Crippen LogP contribution in [-0.4, -0.2) is 45.8 Å². The molecule has 4 heteroatoms. The van der Waals surface area contributed by atoms with Crippen LogP contribution in [0.4, 0.5) is 0 Å². The van der Waals surface area contributed by atoms with E-state index in [1.165, 1.54) is 0 Å². The number of hydrogen-bond acceptors (Lipinski definition) is 4. The van der Waals surface area contributed by atoms with E-state index in [4.69, 9.17) is 10.2 Å². The van der Waals surface area contributed by atoms with Gasteiger partial charge < -0.3 is 20.4 Å². The van der Waals surface area contributed by atoms with Crippen molar-refractivity contribution < 1.29 is 20.4 Å². The molecule has 0 radical (unpaired) electrons. The van der Waals surface area contributed by atoms with Gasteiger partial charge in [-0.2, -0.15) is 0 Å². The summed E-state index contributed by atoms with van der Waals surface area (Å²) in [6.45, 7) is 8.37. The van der Waals surface area contributed by atoms with Gasteiger partial charge in [0.1, 0.15) is 0 Å². The second-order valence-corrected chi connectivity index (χ2v) is 5.81. The molecule has 0 aromatic heterocycles. The van der Waals surface area contributed by atoms with E-state index in [1.807, 2.05) is 20.8 Å². The fraction of sp³-hybridized carbons (Fsp3) is 1.00. The molecular weight excluding hydrogens is 256 g/mol. The van der Waals surface area contributed by atoms with E-state index >= 15 is 0 Å². The standard InChI is InChI=1S/2C8H18O2/c1-3-4-8(10)5-7(2)6-9;1-3-4-8(10)7(2)5-6-9/h2*7-10H,3-6H2,1-2H3. The molecule has 0 saturated heterocycles. The van der Waals surface area contributed by atoms with Crippen LogP contribution in [0.2, 0.25) is 0 Å². The first-order valence-corrected chi connectivity index (χ1v) is 8.00. The molecule has 0 rings (SSSR count). The van der Waals surface area contributed by atoms with E-state index in [2.05, 4.69) is 6.92 Å². The van der Waals surface area contributed by atoms with Crippen LogP contribution in [0.25, 0.3) is 0 Å². The highest BCUT2D eigenvalue weighted by Crippen LogP contribution is 2.11. The number of aliphatic hydroxyl groups excluding tert-OH is 4. The van der Waals surface area contributed by atoms with Crippen molar-refractivity contribution in [3.8, 4) is 0 Å². The molecule has 4 atom stereocenters. The average molecular weight is 292 g/mol. The van der Waals surface area contributed by atoms with Gasteiger partial charge >= 0.3 is 0 Å².